The number of carbonyl (C=O) groups excluding carboxylic acids is 2. The largest absolute Gasteiger partial charge is 0.493 e. The number of nitrogens with zero attached hydrogens (tertiary/aromatic N) is 5. The van der Waals surface area contributed by atoms with Crippen molar-refractivity contribution in [1.29, 1.82) is 0 Å². The molecule has 204 valence electrons. The van der Waals surface area contributed by atoms with Crippen molar-refractivity contribution in [3.8, 4) is 22.9 Å². The van der Waals surface area contributed by atoms with Crippen LogP contribution in [0.5, 0.6) is 11.5 Å². The molecule has 0 aliphatic carbocycles. The minimum Gasteiger partial charge on any atom is -0.493 e. The topological polar surface area (TPSA) is 111 Å². The van der Waals surface area contributed by atoms with E-state index in [-0.39, 0.29) is 29.9 Å². The Hall–Kier alpha value is -4.02. The summed E-state index contributed by atoms with van der Waals surface area (Å²) in [6.07, 6.45) is 0.323. The van der Waals surface area contributed by atoms with Crippen LogP contribution in [0.25, 0.3) is 11.4 Å². The maximum Gasteiger partial charge on any atom is 0.251 e. The number of tetrazole rings is 1. The van der Waals surface area contributed by atoms with Crippen molar-refractivity contribution < 1.29 is 23.5 Å². The van der Waals surface area contributed by atoms with Crippen LogP contribution in [0.1, 0.15) is 41.0 Å². The van der Waals surface area contributed by atoms with E-state index in [0.717, 1.165) is 4.80 Å². The zero-order chi connectivity index (χ0) is 28.0. The molecule has 0 aliphatic heterocycles. The average molecular weight is 527 g/mol. The number of rotatable bonds is 10. The van der Waals surface area contributed by atoms with Crippen molar-refractivity contribution in [3.63, 3.8) is 0 Å². The van der Waals surface area contributed by atoms with Crippen LogP contribution in [-0.4, -0.2) is 57.8 Å². The maximum absolute atomic E-state index is 15.0. The lowest BCUT2D eigenvalue weighted by molar-refractivity contribution is -0.128. The van der Waals surface area contributed by atoms with Gasteiger partial charge in [0, 0.05) is 11.1 Å². The van der Waals surface area contributed by atoms with Crippen molar-refractivity contribution in [3.05, 3.63) is 48.3 Å². The van der Waals surface area contributed by atoms with Crippen molar-refractivity contribution in [1.82, 2.24) is 25.5 Å². The molecule has 1 aromatic heterocycles. The van der Waals surface area contributed by atoms with Crippen molar-refractivity contribution in [2.75, 3.05) is 19.1 Å². The number of halogens is 1. The lowest BCUT2D eigenvalue weighted by Gasteiger charge is -2.34. The summed E-state index contributed by atoms with van der Waals surface area (Å²) < 4.78 is 25.6. The molecule has 1 unspecified atom stereocenters. The molecule has 2 amide bonds. The van der Waals surface area contributed by atoms with E-state index < -0.39 is 23.3 Å². The van der Waals surface area contributed by atoms with Crippen LogP contribution in [-0.2, 0) is 16.1 Å². The maximum atomic E-state index is 15.0. The van der Waals surface area contributed by atoms with E-state index in [1.165, 1.54) is 37.3 Å². The summed E-state index contributed by atoms with van der Waals surface area (Å²) >= 11 is 0. The third-order valence-corrected chi connectivity index (χ3v) is 5.56. The molecule has 0 aliphatic rings. The first-order valence-electron chi connectivity index (χ1n) is 12.3. The Kier molecular flexibility index (Phi) is 9.03. The van der Waals surface area contributed by atoms with Crippen LogP contribution in [0, 0.1) is 11.7 Å². The number of hydrogen-bond donors (Lipinski definition) is 1. The van der Waals surface area contributed by atoms with Gasteiger partial charge >= 0.3 is 0 Å². The summed E-state index contributed by atoms with van der Waals surface area (Å²) in [6, 6.07) is 10.1. The normalized spacial score (nSPS) is 12.2. The third kappa shape index (κ3) is 7.05. The van der Waals surface area contributed by atoms with Gasteiger partial charge in [0.1, 0.15) is 18.4 Å². The quantitative estimate of drug-likeness (QED) is 0.427. The second kappa shape index (κ2) is 12.0. The van der Waals surface area contributed by atoms with Gasteiger partial charge in [0.15, 0.2) is 11.5 Å². The molecule has 0 radical (unpaired) electrons. The minimum absolute atomic E-state index is 0.00689. The zero-order valence-corrected chi connectivity index (χ0v) is 22.9. The molecule has 0 bridgehead atoms. The van der Waals surface area contributed by atoms with Crippen molar-refractivity contribution in [2.45, 2.75) is 59.2 Å². The molecule has 38 heavy (non-hydrogen) atoms. The number of hydrogen-bond acceptors (Lipinski definition) is 7. The average Bonchev–Trinajstić information content (AvgIpc) is 3.31. The predicted molar refractivity (Wildman–Crippen MR) is 141 cm³/mol. The van der Waals surface area contributed by atoms with Gasteiger partial charge in [-0.25, -0.2) is 4.39 Å². The number of nitrogens with one attached hydrogen (secondary N) is 1. The molecule has 2 aromatic carbocycles. The molecule has 1 N–H and O–H groups in total. The van der Waals surface area contributed by atoms with Crippen molar-refractivity contribution >= 4 is 17.5 Å². The monoisotopic (exact) mass is 526 g/mol. The van der Waals surface area contributed by atoms with Gasteiger partial charge in [0.2, 0.25) is 11.7 Å². The predicted octanol–water partition coefficient (Wildman–Crippen LogP) is 3.86. The molecule has 0 spiro atoms. The van der Waals surface area contributed by atoms with Gasteiger partial charge in [-0.05, 0) is 68.7 Å². The number of carbonyl (C=O) groups is 2. The van der Waals surface area contributed by atoms with Gasteiger partial charge in [-0.1, -0.05) is 26.0 Å². The van der Waals surface area contributed by atoms with Crippen LogP contribution in [0.4, 0.5) is 10.1 Å². The van der Waals surface area contributed by atoms with E-state index in [1.54, 1.807) is 24.3 Å². The molecule has 0 fully saturated rings. The van der Waals surface area contributed by atoms with E-state index in [1.807, 2.05) is 34.6 Å². The van der Waals surface area contributed by atoms with Gasteiger partial charge in [0.25, 0.3) is 5.91 Å². The Balaban J connectivity index is 1.96. The Morgan fingerprint density at radius 1 is 1.08 bits per heavy atom. The number of aromatic nitrogens is 4. The first kappa shape index (κ1) is 28.5. The Labute approximate surface area is 222 Å². The highest BCUT2D eigenvalue weighted by Gasteiger charge is 2.35. The summed E-state index contributed by atoms with van der Waals surface area (Å²) in [5.41, 5.74) is 0.0693. The van der Waals surface area contributed by atoms with Gasteiger partial charge in [-0.15, -0.1) is 10.2 Å². The summed E-state index contributed by atoms with van der Waals surface area (Å²) in [6.45, 7) is 9.07. The lowest BCUT2D eigenvalue weighted by atomic mass is 9.99. The number of methoxy groups -OCH3 is 2. The molecule has 0 saturated heterocycles. The van der Waals surface area contributed by atoms with Crippen LogP contribution in [0.2, 0.25) is 0 Å². The number of benzene rings is 2. The summed E-state index contributed by atoms with van der Waals surface area (Å²) in [5.74, 6) is -0.194. The summed E-state index contributed by atoms with van der Waals surface area (Å²) in [7, 11) is 3.05. The molecule has 10 nitrogen and oxygen atoms in total. The number of anilines is 1. The van der Waals surface area contributed by atoms with Crippen LogP contribution in [0.3, 0.4) is 0 Å². The van der Waals surface area contributed by atoms with E-state index in [4.69, 9.17) is 9.47 Å². The third-order valence-electron chi connectivity index (χ3n) is 5.56. The molecule has 3 rings (SSSR count). The lowest BCUT2D eigenvalue weighted by Crippen LogP contribution is -2.55. The highest BCUT2D eigenvalue weighted by atomic mass is 19.1. The minimum atomic E-state index is -0.951. The second-order valence-electron chi connectivity index (χ2n) is 10.3. The summed E-state index contributed by atoms with van der Waals surface area (Å²) in [5, 5.41) is 15.3. The molecule has 1 heterocycles. The number of amides is 2. The standard InChI is InChI=1S/C27H35FN6O4/c1-17(2)14-21(26(36)29-27(3,4)5)34(20-11-9-8-10-19(20)28)24(35)16-33-31-25(30-32-33)18-12-13-22(37-6)23(15-18)38-7/h8-13,15,17,21H,14,16H2,1-7H3,(H,29,36). The molecular formula is C27H35FN6O4. The molecule has 1 atom stereocenters. The molecule has 3 aromatic rings. The van der Waals surface area contributed by atoms with E-state index >= 15 is 0 Å². The first-order valence-corrected chi connectivity index (χ1v) is 12.3. The van der Waals surface area contributed by atoms with Crippen LogP contribution in [0.15, 0.2) is 42.5 Å². The van der Waals surface area contributed by atoms with E-state index in [0.29, 0.717) is 23.5 Å². The molecule has 11 heteroatoms. The Morgan fingerprint density at radius 3 is 2.37 bits per heavy atom. The zero-order valence-electron chi connectivity index (χ0n) is 22.9. The second-order valence-corrected chi connectivity index (χ2v) is 10.3. The highest BCUT2D eigenvalue weighted by molar-refractivity contribution is 6.00. The van der Waals surface area contributed by atoms with Gasteiger partial charge < -0.3 is 14.8 Å². The van der Waals surface area contributed by atoms with E-state index in [2.05, 4.69) is 20.7 Å². The van der Waals surface area contributed by atoms with Crippen LogP contribution >= 0.6 is 0 Å². The van der Waals surface area contributed by atoms with Gasteiger partial charge in [-0.2, -0.15) is 4.80 Å². The smallest absolute Gasteiger partial charge is 0.251 e. The van der Waals surface area contributed by atoms with Crippen molar-refractivity contribution in [2.24, 2.45) is 5.92 Å². The number of ether oxygens (including phenoxy) is 2. The highest BCUT2D eigenvalue weighted by Crippen LogP contribution is 2.31. The fraction of sp³-hybridized carbons (Fsp3) is 0.444. The molecular weight excluding hydrogens is 491 g/mol. The fourth-order valence-corrected chi connectivity index (χ4v) is 3.95. The fourth-order valence-electron chi connectivity index (χ4n) is 3.95. The van der Waals surface area contributed by atoms with E-state index in [9.17, 15) is 14.0 Å². The Morgan fingerprint density at radius 2 is 1.76 bits per heavy atom. The summed E-state index contributed by atoms with van der Waals surface area (Å²) in [4.78, 5) is 29.4. The number of para-hydroxylation sites is 1. The van der Waals surface area contributed by atoms with Crippen LogP contribution < -0.4 is 19.7 Å². The first-order chi connectivity index (χ1) is 17.9. The van der Waals surface area contributed by atoms with Gasteiger partial charge in [-0.3, -0.25) is 14.5 Å². The Bertz CT molecular complexity index is 1270. The SMILES string of the molecule is COc1ccc(-c2nnn(CC(=O)N(c3ccccc3F)C(CC(C)C)C(=O)NC(C)(C)C)n2)cc1OC. The molecule has 0 saturated carbocycles. The van der Waals surface area contributed by atoms with Gasteiger partial charge in [0.05, 0.1) is 19.9 Å².